The molecule has 0 radical (unpaired) electrons. The van der Waals surface area contributed by atoms with Gasteiger partial charge in [0.05, 0.1) is 13.2 Å². The van der Waals surface area contributed by atoms with Crippen LogP contribution in [0, 0.1) is 0 Å². The molecule has 0 saturated carbocycles. The van der Waals surface area contributed by atoms with Crippen molar-refractivity contribution in [3.05, 3.63) is 35.4 Å². The van der Waals surface area contributed by atoms with Gasteiger partial charge in [0.2, 0.25) is 12.2 Å². The van der Waals surface area contributed by atoms with Crippen LogP contribution in [0.15, 0.2) is 24.3 Å². The predicted molar refractivity (Wildman–Crippen MR) is 79.9 cm³/mol. The zero-order valence-electron chi connectivity index (χ0n) is 14.1. The molecule has 0 saturated heterocycles. The van der Waals surface area contributed by atoms with Gasteiger partial charge in [-0.2, -0.15) is 26.3 Å². The first-order valence-electron chi connectivity index (χ1n) is 7.73. The monoisotopic (exact) mass is 418 g/mol. The Kier molecular flexibility index (Phi) is 8.24. The second kappa shape index (κ2) is 9.73. The number of carbonyl (C=O) groups is 2. The fourth-order valence-electron chi connectivity index (χ4n) is 1.90. The molecule has 0 heterocycles. The zero-order valence-corrected chi connectivity index (χ0v) is 14.1. The Bertz CT molecular complexity index is 619. The lowest BCUT2D eigenvalue weighted by Crippen LogP contribution is -2.38. The molecule has 0 aromatic heterocycles. The second-order valence-corrected chi connectivity index (χ2v) is 5.54. The van der Waals surface area contributed by atoms with Crippen LogP contribution in [0.2, 0.25) is 0 Å². The summed E-state index contributed by atoms with van der Waals surface area (Å²) in [5.74, 6) is -3.67. The van der Waals surface area contributed by atoms with E-state index in [0.29, 0.717) is 11.1 Å². The van der Waals surface area contributed by atoms with Gasteiger partial charge in [-0.3, -0.25) is 0 Å². The predicted octanol–water partition coefficient (Wildman–Crippen LogP) is 1.70. The molecule has 158 valence electrons. The summed E-state index contributed by atoms with van der Waals surface area (Å²) in [5, 5.41) is 17.4. The third kappa shape index (κ3) is 7.72. The van der Waals surface area contributed by atoms with Crippen LogP contribution in [0.4, 0.5) is 26.3 Å². The molecule has 12 heteroatoms. The summed E-state index contributed by atoms with van der Waals surface area (Å²) >= 11 is 0. The summed E-state index contributed by atoms with van der Waals surface area (Å²) in [5.41, 5.74) is 1.04. The van der Waals surface area contributed by atoms with Crippen LogP contribution in [0.3, 0.4) is 0 Å². The Hall–Kier alpha value is -2.34. The average Bonchev–Trinajstić information content (AvgIpc) is 2.59. The van der Waals surface area contributed by atoms with Crippen molar-refractivity contribution in [3.63, 3.8) is 0 Å². The standard InChI is InChI=1S/C16H16F6O6/c17-15(18,19)11(23)13(25)27-6-4-9-2-1-3-10(8-9)5-7-28-14(26)12(24)16(20,21)22/h1-3,8,11-12,23-24H,4-7H2/t11-,12-/m0/s1. The van der Waals surface area contributed by atoms with Gasteiger partial charge in [-0.25, -0.2) is 9.59 Å². The van der Waals surface area contributed by atoms with E-state index in [4.69, 9.17) is 10.2 Å². The fourth-order valence-corrected chi connectivity index (χ4v) is 1.90. The van der Waals surface area contributed by atoms with E-state index in [1.54, 1.807) is 12.1 Å². The van der Waals surface area contributed by atoms with Crippen molar-refractivity contribution in [1.82, 2.24) is 0 Å². The number of benzene rings is 1. The van der Waals surface area contributed by atoms with Crippen LogP contribution >= 0.6 is 0 Å². The van der Waals surface area contributed by atoms with E-state index in [2.05, 4.69) is 9.47 Å². The van der Waals surface area contributed by atoms with Gasteiger partial charge in [0.1, 0.15) is 0 Å². The summed E-state index contributed by atoms with van der Waals surface area (Å²) in [4.78, 5) is 22.1. The van der Waals surface area contributed by atoms with Gasteiger partial charge in [0.15, 0.2) is 0 Å². The molecule has 0 bridgehead atoms. The van der Waals surface area contributed by atoms with E-state index in [9.17, 15) is 35.9 Å². The van der Waals surface area contributed by atoms with Crippen molar-refractivity contribution >= 4 is 11.9 Å². The number of aliphatic hydroxyl groups is 2. The molecule has 0 aliphatic carbocycles. The summed E-state index contributed by atoms with van der Waals surface area (Å²) in [6.07, 6.45) is -16.7. The van der Waals surface area contributed by atoms with E-state index in [-0.39, 0.29) is 12.8 Å². The van der Waals surface area contributed by atoms with Gasteiger partial charge in [0.25, 0.3) is 0 Å². The number of ether oxygens (including phenoxy) is 2. The largest absolute Gasteiger partial charge is 0.463 e. The maximum absolute atomic E-state index is 12.1. The number of esters is 2. The SMILES string of the molecule is O=C(OCCc1cccc(CCOC(=O)[C@H](O)C(F)(F)F)c1)[C@H](O)C(F)(F)F. The molecule has 0 aliphatic rings. The van der Waals surface area contributed by atoms with Crippen molar-refractivity contribution in [1.29, 1.82) is 0 Å². The van der Waals surface area contributed by atoms with Crippen molar-refractivity contribution in [2.75, 3.05) is 13.2 Å². The third-order valence-electron chi connectivity index (χ3n) is 3.33. The average molecular weight is 418 g/mol. The van der Waals surface area contributed by atoms with E-state index in [1.807, 2.05) is 0 Å². The molecular formula is C16H16F6O6. The first kappa shape index (κ1) is 23.7. The molecule has 6 nitrogen and oxygen atoms in total. The topological polar surface area (TPSA) is 93.1 Å². The lowest BCUT2D eigenvalue weighted by molar-refractivity contribution is -0.218. The van der Waals surface area contributed by atoms with E-state index < -0.39 is 49.7 Å². The fraction of sp³-hybridized carbons (Fsp3) is 0.500. The van der Waals surface area contributed by atoms with Gasteiger partial charge in [-0.1, -0.05) is 24.3 Å². The summed E-state index contributed by atoms with van der Waals surface area (Å²) in [6.45, 7) is -0.885. The molecule has 0 spiro atoms. The first-order chi connectivity index (χ1) is 12.8. The number of alkyl halides is 6. The smallest absolute Gasteiger partial charge is 0.425 e. The van der Waals surface area contributed by atoms with Gasteiger partial charge in [-0.15, -0.1) is 0 Å². The summed E-state index contributed by atoms with van der Waals surface area (Å²) < 4.78 is 81.4. The highest BCUT2D eigenvalue weighted by Crippen LogP contribution is 2.21. The van der Waals surface area contributed by atoms with E-state index >= 15 is 0 Å². The Morgan fingerprint density at radius 2 is 1.18 bits per heavy atom. The Morgan fingerprint density at radius 1 is 0.821 bits per heavy atom. The van der Waals surface area contributed by atoms with Gasteiger partial charge < -0.3 is 19.7 Å². The van der Waals surface area contributed by atoms with Crippen molar-refractivity contribution in [3.8, 4) is 0 Å². The quantitative estimate of drug-likeness (QED) is 0.493. The Morgan fingerprint density at radius 3 is 1.50 bits per heavy atom. The minimum Gasteiger partial charge on any atom is -0.463 e. The minimum absolute atomic E-state index is 0.0106. The molecule has 0 unspecified atom stereocenters. The van der Waals surface area contributed by atoms with E-state index in [1.165, 1.54) is 12.1 Å². The molecule has 1 rings (SSSR count). The summed E-state index contributed by atoms with van der Waals surface area (Å²) in [6, 6.07) is 6.15. The second-order valence-electron chi connectivity index (χ2n) is 5.54. The molecule has 1 aromatic rings. The van der Waals surface area contributed by atoms with Crippen LogP contribution in [0.1, 0.15) is 11.1 Å². The molecule has 28 heavy (non-hydrogen) atoms. The summed E-state index contributed by atoms with van der Waals surface area (Å²) in [7, 11) is 0. The highest BCUT2D eigenvalue weighted by Gasteiger charge is 2.45. The van der Waals surface area contributed by atoms with Crippen molar-refractivity contribution < 1.29 is 55.6 Å². The molecular weight excluding hydrogens is 402 g/mol. The maximum atomic E-state index is 12.1. The third-order valence-corrected chi connectivity index (χ3v) is 3.33. The molecule has 1 aromatic carbocycles. The molecule has 0 aliphatic heterocycles. The van der Waals surface area contributed by atoms with Gasteiger partial charge in [-0.05, 0) is 11.1 Å². The number of carbonyl (C=O) groups excluding carboxylic acids is 2. The minimum atomic E-state index is -5.13. The Labute approximate surface area is 154 Å². The highest BCUT2D eigenvalue weighted by atomic mass is 19.4. The number of halogens is 6. The number of hydrogen-bond donors (Lipinski definition) is 2. The molecule has 0 amide bonds. The number of hydrogen-bond acceptors (Lipinski definition) is 6. The van der Waals surface area contributed by atoms with Crippen LogP contribution in [-0.4, -0.2) is 59.9 Å². The molecule has 2 atom stereocenters. The first-order valence-corrected chi connectivity index (χ1v) is 7.73. The van der Waals surface area contributed by atoms with Crippen molar-refractivity contribution in [2.45, 2.75) is 37.4 Å². The van der Waals surface area contributed by atoms with Crippen LogP contribution in [-0.2, 0) is 31.9 Å². The van der Waals surface area contributed by atoms with Gasteiger partial charge >= 0.3 is 24.3 Å². The number of aliphatic hydroxyl groups excluding tert-OH is 2. The maximum Gasteiger partial charge on any atom is 0.425 e. The van der Waals surface area contributed by atoms with Crippen LogP contribution in [0.5, 0.6) is 0 Å². The van der Waals surface area contributed by atoms with Crippen LogP contribution < -0.4 is 0 Å². The van der Waals surface area contributed by atoms with E-state index in [0.717, 1.165) is 0 Å². The van der Waals surface area contributed by atoms with Crippen molar-refractivity contribution in [2.24, 2.45) is 0 Å². The molecule has 2 N–H and O–H groups in total. The van der Waals surface area contributed by atoms with Gasteiger partial charge in [0, 0.05) is 12.8 Å². The zero-order chi connectivity index (χ0) is 21.5. The highest BCUT2D eigenvalue weighted by molar-refractivity contribution is 5.75. The normalized spacial score (nSPS) is 14.3. The lowest BCUT2D eigenvalue weighted by Gasteiger charge is -2.14. The Balaban J connectivity index is 2.46. The molecule has 0 fully saturated rings. The number of rotatable bonds is 8. The van der Waals surface area contributed by atoms with Crippen LogP contribution in [0.25, 0.3) is 0 Å². The lowest BCUT2D eigenvalue weighted by atomic mass is 10.1.